The number of carbonyl (C=O) groups excluding carboxylic acids is 4. The molecule has 0 saturated heterocycles. The summed E-state index contributed by atoms with van der Waals surface area (Å²) in [6, 6.07) is 1.86. The van der Waals surface area contributed by atoms with Gasteiger partial charge in [-0.1, -0.05) is 0 Å². The van der Waals surface area contributed by atoms with Crippen LogP contribution in [-0.2, 0) is 19.1 Å². The second-order valence-electron chi connectivity index (χ2n) is 5.25. The first-order chi connectivity index (χ1) is 12.4. The van der Waals surface area contributed by atoms with Crippen molar-refractivity contribution in [1.82, 2.24) is 16.0 Å². The van der Waals surface area contributed by atoms with Gasteiger partial charge in [-0.2, -0.15) is 0 Å². The van der Waals surface area contributed by atoms with Gasteiger partial charge in [0.05, 0.1) is 30.2 Å². The maximum atomic E-state index is 12.0. The molecule has 10 heteroatoms. The number of ether oxygens (including phenoxy) is 2. The summed E-state index contributed by atoms with van der Waals surface area (Å²) in [4.78, 5) is 47.1. The van der Waals surface area contributed by atoms with Crippen LogP contribution in [0.3, 0.4) is 0 Å². The van der Waals surface area contributed by atoms with Gasteiger partial charge < -0.3 is 29.8 Å². The van der Waals surface area contributed by atoms with Gasteiger partial charge in [-0.25, -0.2) is 9.59 Å². The Kier molecular flexibility index (Phi) is 6.36. The van der Waals surface area contributed by atoms with Gasteiger partial charge in [-0.15, -0.1) is 0 Å². The first-order valence-electron chi connectivity index (χ1n) is 7.87. The van der Waals surface area contributed by atoms with Crippen molar-refractivity contribution in [2.45, 2.75) is 19.9 Å². The summed E-state index contributed by atoms with van der Waals surface area (Å²) in [6.07, 6.45) is 1.33. The number of nitrogens with one attached hydrogen (secondary N) is 3. The molecule has 0 aliphatic carbocycles. The van der Waals surface area contributed by atoms with Gasteiger partial charge in [0.1, 0.15) is 13.2 Å². The zero-order valence-electron chi connectivity index (χ0n) is 14.3. The highest BCUT2D eigenvalue weighted by molar-refractivity contribution is 5.95. The van der Waals surface area contributed by atoms with Crippen LogP contribution in [-0.4, -0.2) is 49.7 Å². The van der Waals surface area contributed by atoms with Gasteiger partial charge in [0.15, 0.2) is 5.76 Å². The fraction of sp³-hybridized carbons (Fsp3) is 0.375. The van der Waals surface area contributed by atoms with Crippen molar-refractivity contribution in [3.63, 3.8) is 0 Å². The van der Waals surface area contributed by atoms with Crippen LogP contribution in [0, 0.1) is 0 Å². The Bertz CT molecular complexity index is 724. The van der Waals surface area contributed by atoms with Crippen molar-refractivity contribution in [3.05, 3.63) is 35.4 Å². The lowest BCUT2D eigenvalue weighted by Gasteiger charge is -2.26. The quantitative estimate of drug-likeness (QED) is 0.582. The van der Waals surface area contributed by atoms with Crippen LogP contribution in [0.5, 0.6) is 0 Å². The Morgan fingerprint density at radius 3 is 2.73 bits per heavy atom. The molecule has 0 bridgehead atoms. The molecule has 1 aromatic rings. The van der Waals surface area contributed by atoms with Crippen molar-refractivity contribution in [2.75, 3.05) is 19.8 Å². The third-order valence-corrected chi connectivity index (χ3v) is 3.38. The molecule has 1 aliphatic heterocycles. The first-order valence-corrected chi connectivity index (χ1v) is 7.87. The van der Waals surface area contributed by atoms with E-state index in [1.165, 1.54) is 18.4 Å². The molecule has 0 radical (unpaired) electrons. The highest BCUT2D eigenvalue weighted by Gasteiger charge is 2.30. The van der Waals surface area contributed by atoms with Crippen molar-refractivity contribution in [3.8, 4) is 0 Å². The fourth-order valence-electron chi connectivity index (χ4n) is 2.24. The minimum Gasteiger partial charge on any atom is -0.463 e. The summed E-state index contributed by atoms with van der Waals surface area (Å²) < 4.78 is 14.9. The summed E-state index contributed by atoms with van der Waals surface area (Å²) in [7, 11) is 0. The minimum atomic E-state index is -0.749. The third-order valence-electron chi connectivity index (χ3n) is 3.38. The van der Waals surface area contributed by atoms with E-state index in [0.29, 0.717) is 0 Å². The SMILES string of the molecule is CCOC(=O)C1=C(COC(=O)CNC(=O)c2ccco2)NC(=O)NC1C. The van der Waals surface area contributed by atoms with Crippen LogP contribution < -0.4 is 16.0 Å². The summed E-state index contributed by atoms with van der Waals surface area (Å²) >= 11 is 0. The van der Waals surface area contributed by atoms with E-state index in [-0.39, 0.29) is 30.2 Å². The van der Waals surface area contributed by atoms with Gasteiger partial charge >= 0.3 is 18.0 Å². The molecule has 140 valence electrons. The average molecular weight is 365 g/mol. The molecule has 1 atom stereocenters. The highest BCUT2D eigenvalue weighted by Crippen LogP contribution is 2.14. The van der Waals surface area contributed by atoms with E-state index in [1.807, 2.05) is 0 Å². The number of urea groups is 1. The topological polar surface area (TPSA) is 136 Å². The Morgan fingerprint density at radius 1 is 1.31 bits per heavy atom. The molecule has 2 rings (SSSR count). The molecule has 3 N–H and O–H groups in total. The van der Waals surface area contributed by atoms with E-state index in [4.69, 9.17) is 13.9 Å². The van der Waals surface area contributed by atoms with Crippen LogP contribution in [0.15, 0.2) is 34.1 Å². The molecule has 0 saturated carbocycles. The van der Waals surface area contributed by atoms with Crippen LogP contribution in [0.1, 0.15) is 24.4 Å². The molecular weight excluding hydrogens is 346 g/mol. The molecule has 0 fully saturated rings. The van der Waals surface area contributed by atoms with Crippen molar-refractivity contribution >= 4 is 23.9 Å². The molecule has 0 spiro atoms. The molecule has 0 aromatic carbocycles. The number of hydrogen-bond donors (Lipinski definition) is 3. The monoisotopic (exact) mass is 365 g/mol. The summed E-state index contributed by atoms with van der Waals surface area (Å²) in [5, 5.41) is 7.28. The average Bonchev–Trinajstić information content (AvgIpc) is 3.12. The molecule has 1 unspecified atom stereocenters. The molecule has 2 heterocycles. The Morgan fingerprint density at radius 2 is 2.08 bits per heavy atom. The van der Waals surface area contributed by atoms with Crippen molar-refractivity contribution in [2.24, 2.45) is 0 Å². The van der Waals surface area contributed by atoms with Crippen LogP contribution in [0.2, 0.25) is 0 Å². The maximum Gasteiger partial charge on any atom is 0.338 e. The normalized spacial score (nSPS) is 16.4. The minimum absolute atomic E-state index is 0.0598. The molecule has 1 aromatic heterocycles. The lowest BCUT2D eigenvalue weighted by atomic mass is 10.0. The molecule has 26 heavy (non-hydrogen) atoms. The second-order valence-corrected chi connectivity index (χ2v) is 5.25. The van der Waals surface area contributed by atoms with E-state index >= 15 is 0 Å². The Hall–Kier alpha value is -3.30. The van der Waals surface area contributed by atoms with E-state index in [2.05, 4.69) is 16.0 Å². The molecule has 1 aliphatic rings. The molecule has 10 nitrogen and oxygen atoms in total. The number of hydrogen-bond acceptors (Lipinski definition) is 7. The largest absolute Gasteiger partial charge is 0.463 e. The van der Waals surface area contributed by atoms with E-state index in [1.54, 1.807) is 13.8 Å². The molecular formula is C16H19N3O7. The van der Waals surface area contributed by atoms with Crippen molar-refractivity contribution < 1.29 is 33.1 Å². The van der Waals surface area contributed by atoms with Crippen LogP contribution >= 0.6 is 0 Å². The standard InChI is InChI=1S/C16H19N3O7/c1-3-24-15(22)13-9(2)18-16(23)19-10(13)8-26-12(20)7-17-14(21)11-5-4-6-25-11/h4-6,9H,3,7-8H2,1-2H3,(H,17,21)(H2,18,19,23). The summed E-state index contributed by atoms with van der Waals surface area (Å²) in [5.74, 6) is -1.88. The number of furan rings is 1. The van der Waals surface area contributed by atoms with E-state index in [9.17, 15) is 19.2 Å². The zero-order chi connectivity index (χ0) is 19.1. The summed E-state index contributed by atoms with van der Waals surface area (Å²) in [6.45, 7) is 2.68. The van der Waals surface area contributed by atoms with Crippen molar-refractivity contribution in [1.29, 1.82) is 0 Å². The van der Waals surface area contributed by atoms with Crippen LogP contribution in [0.25, 0.3) is 0 Å². The first kappa shape index (κ1) is 19.0. The van der Waals surface area contributed by atoms with Gasteiger partial charge in [0.25, 0.3) is 5.91 Å². The second kappa shape index (κ2) is 8.70. The predicted octanol–water partition coefficient (Wildman–Crippen LogP) is 0.0711. The lowest BCUT2D eigenvalue weighted by molar-refractivity contribution is -0.142. The number of amides is 3. The highest BCUT2D eigenvalue weighted by atomic mass is 16.5. The van der Waals surface area contributed by atoms with E-state index < -0.39 is 36.5 Å². The Balaban J connectivity index is 1.94. The number of esters is 2. The summed E-state index contributed by atoms with van der Waals surface area (Å²) in [5.41, 5.74) is 0.296. The predicted molar refractivity (Wildman–Crippen MR) is 86.8 cm³/mol. The fourth-order valence-corrected chi connectivity index (χ4v) is 2.24. The van der Waals surface area contributed by atoms with Crippen LogP contribution in [0.4, 0.5) is 4.79 Å². The maximum absolute atomic E-state index is 12.0. The van der Waals surface area contributed by atoms with Gasteiger partial charge in [-0.3, -0.25) is 9.59 Å². The van der Waals surface area contributed by atoms with Gasteiger partial charge in [0, 0.05) is 0 Å². The number of rotatable bonds is 7. The smallest absolute Gasteiger partial charge is 0.338 e. The number of carbonyl (C=O) groups is 4. The Labute approximate surface area is 148 Å². The van der Waals surface area contributed by atoms with Gasteiger partial charge in [-0.05, 0) is 26.0 Å². The molecule has 3 amide bonds. The lowest BCUT2D eigenvalue weighted by Crippen LogP contribution is -2.50. The third kappa shape index (κ3) is 4.85. The van der Waals surface area contributed by atoms with Gasteiger partial charge in [0.2, 0.25) is 0 Å². The zero-order valence-corrected chi connectivity index (χ0v) is 14.3. The van der Waals surface area contributed by atoms with E-state index in [0.717, 1.165) is 0 Å².